The van der Waals surface area contributed by atoms with E-state index in [0.717, 1.165) is 23.0 Å². The molecule has 0 aliphatic carbocycles. The molecule has 8 heteroatoms. The highest BCUT2D eigenvalue weighted by atomic mass is 19.1. The zero-order valence-corrected chi connectivity index (χ0v) is 15.3. The summed E-state index contributed by atoms with van der Waals surface area (Å²) in [4.78, 5) is 21.1. The van der Waals surface area contributed by atoms with Gasteiger partial charge in [-0.2, -0.15) is 0 Å². The SMILES string of the molecule is O=C(NCCn1c(-c2ccccc2)nc2cccnc21)Nc1ccc(F)cc1F. The minimum absolute atomic E-state index is 0.0939. The molecular weight excluding hydrogens is 376 g/mol. The first-order valence-corrected chi connectivity index (χ1v) is 8.98. The number of nitrogens with one attached hydrogen (secondary N) is 2. The summed E-state index contributed by atoms with van der Waals surface area (Å²) in [6.07, 6.45) is 1.69. The average molecular weight is 393 g/mol. The molecule has 4 rings (SSSR count). The number of pyridine rings is 1. The molecule has 0 atom stereocenters. The van der Waals surface area contributed by atoms with Crippen LogP contribution in [0.15, 0.2) is 66.9 Å². The molecule has 0 saturated carbocycles. The van der Waals surface area contributed by atoms with E-state index < -0.39 is 17.7 Å². The van der Waals surface area contributed by atoms with E-state index in [9.17, 15) is 13.6 Å². The normalized spacial score (nSPS) is 10.8. The van der Waals surface area contributed by atoms with E-state index in [4.69, 9.17) is 0 Å². The lowest BCUT2D eigenvalue weighted by Crippen LogP contribution is -2.32. The van der Waals surface area contributed by atoms with Crippen molar-refractivity contribution < 1.29 is 13.6 Å². The van der Waals surface area contributed by atoms with Crippen molar-refractivity contribution in [2.45, 2.75) is 6.54 Å². The van der Waals surface area contributed by atoms with Crippen molar-refractivity contribution in [1.29, 1.82) is 0 Å². The topological polar surface area (TPSA) is 71.8 Å². The van der Waals surface area contributed by atoms with Crippen molar-refractivity contribution in [3.8, 4) is 11.4 Å². The number of urea groups is 1. The van der Waals surface area contributed by atoms with Crippen LogP contribution in [0.25, 0.3) is 22.6 Å². The molecule has 146 valence electrons. The highest BCUT2D eigenvalue weighted by Gasteiger charge is 2.14. The number of amides is 2. The predicted molar refractivity (Wildman–Crippen MR) is 106 cm³/mol. The number of carbonyl (C=O) groups is 1. The summed E-state index contributed by atoms with van der Waals surface area (Å²) in [5.41, 5.74) is 2.30. The quantitative estimate of drug-likeness (QED) is 0.534. The Labute approximate surface area is 165 Å². The van der Waals surface area contributed by atoms with Gasteiger partial charge in [0.1, 0.15) is 23.0 Å². The van der Waals surface area contributed by atoms with Gasteiger partial charge in [-0.05, 0) is 24.3 Å². The number of nitrogens with zero attached hydrogens (tertiary/aromatic N) is 3. The van der Waals surface area contributed by atoms with Crippen molar-refractivity contribution in [1.82, 2.24) is 19.9 Å². The van der Waals surface area contributed by atoms with Crippen LogP contribution in [0.3, 0.4) is 0 Å². The third kappa shape index (κ3) is 4.06. The molecule has 0 fully saturated rings. The van der Waals surface area contributed by atoms with Crippen molar-refractivity contribution >= 4 is 22.9 Å². The largest absolute Gasteiger partial charge is 0.336 e. The Morgan fingerprint density at radius 2 is 1.86 bits per heavy atom. The Morgan fingerprint density at radius 1 is 1.03 bits per heavy atom. The van der Waals surface area contributed by atoms with Gasteiger partial charge in [-0.1, -0.05) is 30.3 Å². The fraction of sp³-hybridized carbons (Fsp3) is 0.0952. The number of fused-ring (bicyclic) bond motifs is 1. The van der Waals surface area contributed by atoms with Gasteiger partial charge in [0.05, 0.1) is 5.69 Å². The number of hydrogen-bond donors (Lipinski definition) is 2. The molecule has 0 bridgehead atoms. The number of halogens is 2. The molecule has 0 aliphatic rings. The van der Waals surface area contributed by atoms with Crippen molar-refractivity contribution in [3.05, 3.63) is 78.5 Å². The minimum atomic E-state index is -0.837. The number of anilines is 1. The maximum absolute atomic E-state index is 13.7. The number of rotatable bonds is 5. The number of imidazole rings is 1. The van der Waals surface area contributed by atoms with E-state index in [2.05, 4.69) is 20.6 Å². The van der Waals surface area contributed by atoms with Crippen LogP contribution in [0, 0.1) is 11.6 Å². The lowest BCUT2D eigenvalue weighted by molar-refractivity contribution is 0.251. The summed E-state index contributed by atoms with van der Waals surface area (Å²) in [5, 5.41) is 5.04. The fourth-order valence-corrected chi connectivity index (χ4v) is 3.02. The predicted octanol–water partition coefficient (Wildman–Crippen LogP) is 4.20. The fourth-order valence-electron chi connectivity index (χ4n) is 3.02. The summed E-state index contributed by atoms with van der Waals surface area (Å²) in [6, 6.07) is 15.8. The third-order valence-corrected chi connectivity index (χ3v) is 4.34. The first-order valence-electron chi connectivity index (χ1n) is 8.98. The van der Waals surface area contributed by atoms with Gasteiger partial charge in [-0.15, -0.1) is 0 Å². The maximum Gasteiger partial charge on any atom is 0.319 e. The summed E-state index contributed by atoms with van der Waals surface area (Å²) < 4.78 is 28.6. The molecule has 4 aromatic rings. The van der Waals surface area contributed by atoms with E-state index in [-0.39, 0.29) is 12.2 Å². The highest BCUT2D eigenvalue weighted by molar-refractivity contribution is 5.89. The lowest BCUT2D eigenvalue weighted by atomic mass is 10.2. The van der Waals surface area contributed by atoms with E-state index in [1.165, 1.54) is 6.07 Å². The van der Waals surface area contributed by atoms with Crippen molar-refractivity contribution in [2.24, 2.45) is 0 Å². The van der Waals surface area contributed by atoms with E-state index in [1.807, 2.05) is 47.0 Å². The molecule has 0 unspecified atom stereocenters. The zero-order valence-electron chi connectivity index (χ0n) is 15.3. The molecule has 2 N–H and O–H groups in total. The Morgan fingerprint density at radius 3 is 2.66 bits per heavy atom. The molecule has 0 spiro atoms. The Bertz CT molecular complexity index is 1160. The van der Waals surface area contributed by atoms with Crippen LogP contribution < -0.4 is 10.6 Å². The standard InChI is InChI=1S/C21H17F2N5O/c22-15-8-9-17(16(23)13-15)27-21(29)25-11-12-28-19(14-5-2-1-3-6-14)26-18-7-4-10-24-20(18)28/h1-10,13H,11-12H2,(H2,25,27,29). The molecule has 2 amide bonds. The highest BCUT2D eigenvalue weighted by Crippen LogP contribution is 2.23. The number of carbonyl (C=O) groups excluding carboxylic acids is 1. The van der Waals surface area contributed by atoms with Gasteiger partial charge in [0, 0.05) is 30.9 Å². The summed E-state index contributed by atoms with van der Waals surface area (Å²) in [5.74, 6) is -0.802. The van der Waals surface area contributed by atoms with Gasteiger partial charge >= 0.3 is 6.03 Å². The monoisotopic (exact) mass is 393 g/mol. The number of benzene rings is 2. The summed E-state index contributed by atoms with van der Waals surface area (Å²) in [7, 11) is 0. The van der Waals surface area contributed by atoms with E-state index in [0.29, 0.717) is 18.3 Å². The van der Waals surface area contributed by atoms with Gasteiger partial charge in [-0.25, -0.2) is 23.5 Å². The Balaban J connectivity index is 1.49. The molecular formula is C21H17F2N5O. The lowest BCUT2D eigenvalue weighted by Gasteiger charge is -2.11. The maximum atomic E-state index is 13.7. The molecule has 29 heavy (non-hydrogen) atoms. The summed E-state index contributed by atoms with van der Waals surface area (Å²) >= 11 is 0. The third-order valence-electron chi connectivity index (χ3n) is 4.34. The second-order valence-electron chi connectivity index (χ2n) is 6.30. The minimum Gasteiger partial charge on any atom is -0.336 e. The summed E-state index contributed by atoms with van der Waals surface area (Å²) in [6.45, 7) is 0.674. The van der Waals surface area contributed by atoms with Crippen molar-refractivity contribution in [2.75, 3.05) is 11.9 Å². The van der Waals surface area contributed by atoms with Gasteiger partial charge in [0.25, 0.3) is 0 Å². The van der Waals surface area contributed by atoms with Gasteiger partial charge in [-0.3, -0.25) is 0 Å². The molecule has 0 saturated heterocycles. The Kier molecular flexibility index (Phi) is 5.15. The first-order chi connectivity index (χ1) is 14.1. The molecule has 2 aromatic carbocycles. The molecule has 0 radical (unpaired) electrons. The Hall–Kier alpha value is -3.81. The van der Waals surface area contributed by atoms with E-state index in [1.54, 1.807) is 6.20 Å². The van der Waals surface area contributed by atoms with Crippen LogP contribution in [0.4, 0.5) is 19.3 Å². The van der Waals surface area contributed by atoms with Gasteiger partial charge in [0.2, 0.25) is 0 Å². The smallest absolute Gasteiger partial charge is 0.319 e. The van der Waals surface area contributed by atoms with Gasteiger partial charge in [0.15, 0.2) is 5.65 Å². The van der Waals surface area contributed by atoms with E-state index >= 15 is 0 Å². The van der Waals surface area contributed by atoms with Crippen molar-refractivity contribution in [3.63, 3.8) is 0 Å². The number of aromatic nitrogens is 3. The van der Waals surface area contributed by atoms with Crippen LogP contribution in [-0.4, -0.2) is 27.1 Å². The second kappa shape index (κ2) is 8.05. The van der Waals surface area contributed by atoms with Crippen LogP contribution in [0.2, 0.25) is 0 Å². The first kappa shape index (κ1) is 18.5. The molecule has 2 heterocycles. The van der Waals surface area contributed by atoms with Gasteiger partial charge < -0.3 is 15.2 Å². The number of hydrogen-bond acceptors (Lipinski definition) is 3. The van der Waals surface area contributed by atoms with Crippen LogP contribution in [0.5, 0.6) is 0 Å². The zero-order chi connectivity index (χ0) is 20.2. The van der Waals surface area contributed by atoms with Crippen LogP contribution in [-0.2, 0) is 6.54 Å². The average Bonchev–Trinajstić information content (AvgIpc) is 3.10. The molecule has 0 aliphatic heterocycles. The van der Waals surface area contributed by atoms with Crippen LogP contribution >= 0.6 is 0 Å². The second-order valence-corrected chi connectivity index (χ2v) is 6.30. The van der Waals surface area contributed by atoms with Crippen LogP contribution in [0.1, 0.15) is 0 Å². The molecule has 6 nitrogen and oxygen atoms in total. The molecule has 2 aromatic heterocycles.